The van der Waals surface area contributed by atoms with Gasteiger partial charge in [0, 0.05) is 44.0 Å². The molecule has 1 aliphatic rings. The zero-order valence-electron chi connectivity index (χ0n) is 14.0. The first-order valence-corrected chi connectivity index (χ1v) is 8.54. The highest BCUT2D eigenvalue weighted by Gasteiger charge is 2.15. The SMILES string of the molecule is CN=C(NCCc1csc(N2CCCC2)n1)NC(C)(C)C.I. The molecule has 0 atom stereocenters. The van der Waals surface area contributed by atoms with Crippen molar-refractivity contribution in [3.8, 4) is 0 Å². The summed E-state index contributed by atoms with van der Waals surface area (Å²) in [5, 5.41) is 10.1. The Balaban J connectivity index is 0.00000242. The number of aromatic nitrogens is 1. The number of nitrogens with one attached hydrogen (secondary N) is 2. The quantitative estimate of drug-likeness (QED) is 0.432. The van der Waals surface area contributed by atoms with Gasteiger partial charge in [-0.1, -0.05) is 0 Å². The minimum atomic E-state index is 0. The van der Waals surface area contributed by atoms with E-state index in [1.165, 1.54) is 23.7 Å². The number of thiazole rings is 1. The second-order valence-electron chi connectivity index (χ2n) is 6.44. The summed E-state index contributed by atoms with van der Waals surface area (Å²) in [7, 11) is 1.80. The molecule has 0 radical (unpaired) electrons. The second kappa shape index (κ2) is 8.90. The lowest BCUT2D eigenvalue weighted by Crippen LogP contribution is -2.48. The third-order valence-corrected chi connectivity index (χ3v) is 4.26. The van der Waals surface area contributed by atoms with Gasteiger partial charge in [0.1, 0.15) is 0 Å². The van der Waals surface area contributed by atoms with Crippen molar-refractivity contribution < 1.29 is 0 Å². The first-order chi connectivity index (χ1) is 9.98. The monoisotopic (exact) mass is 437 g/mol. The van der Waals surface area contributed by atoms with Crippen LogP contribution in [0.15, 0.2) is 10.4 Å². The van der Waals surface area contributed by atoms with E-state index in [0.717, 1.165) is 32.0 Å². The predicted octanol–water partition coefficient (Wildman–Crippen LogP) is 2.87. The normalized spacial score (nSPS) is 15.6. The van der Waals surface area contributed by atoms with Crippen molar-refractivity contribution in [1.29, 1.82) is 0 Å². The van der Waals surface area contributed by atoms with Gasteiger partial charge in [-0.25, -0.2) is 4.98 Å². The van der Waals surface area contributed by atoms with Crippen LogP contribution in [0.5, 0.6) is 0 Å². The van der Waals surface area contributed by atoms with Crippen LogP contribution in [0, 0.1) is 0 Å². The summed E-state index contributed by atoms with van der Waals surface area (Å²) in [4.78, 5) is 11.4. The largest absolute Gasteiger partial charge is 0.356 e. The van der Waals surface area contributed by atoms with Crippen molar-refractivity contribution >= 4 is 46.4 Å². The van der Waals surface area contributed by atoms with Gasteiger partial charge < -0.3 is 15.5 Å². The number of anilines is 1. The summed E-state index contributed by atoms with van der Waals surface area (Å²) in [6.45, 7) is 9.55. The van der Waals surface area contributed by atoms with Crippen LogP contribution in [-0.2, 0) is 6.42 Å². The van der Waals surface area contributed by atoms with Crippen molar-refractivity contribution in [3.05, 3.63) is 11.1 Å². The van der Waals surface area contributed by atoms with Gasteiger partial charge >= 0.3 is 0 Å². The topological polar surface area (TPSA) is 52.6 Å². The maximum Gasteiger partial charge on any atom is 0.191 e. The molecule has 0 amide bonds. The molecule has 5 nitrogen and oxygen atoms in total. The summed E-state index contributed by atoms with van der Waals surface area (Å²) in [5.41, 5.74) is 1.19. The van der Waals surface area contributed by atoms with Gasteiger partial charge in [0.2, 0.25) is 0 Å². The molecule has 1 aromatic rings. The zero-order valence-corrected chi connectivity index (χ0v) is 17.1. The molecule has 0 bridgehead atoms. The van der Waals surface area contributed by atoms with E-state index in [0.29, 0.717) is 0 Å². The van der Waals surface area contributed by atoms with Crippen LogP contribution in [0.2, 0.25) is 0 Å². The minimum Gasteiger partial charge on any atom is -0.356 e. The number of nitrogens with zero attached hydrogens (tertiary/aromatic N) is 3. The molecule has 22 heavy (non-hydrogen) atoms. The van der Waals surface area contributed by atoms with Crippen LogP contribution >= 0.6 is 35.3 Å². The molecule has 1 aromatic heterocycles. The first-order valence-electron chi connectivity index (χ1n) is 7.66. The Kier molecular flexibility index (Phi) is 7.88. The van der Waals surface area contributed by atoms with Gasteiger partial charge in [0.15, 0.2) is 11.1 Å². The zero-order chi connectivity index (χ0) is 15.3. The highest BCUT2D eigenvalue weighted by molar-refractivity contribution is 14.0. The van der Waals surface area contributed by atoms with Gasteiger partial charge in [0.05, 0.1) is 5.69 Å². The molecule has 0 spiro atoms. The third kappa shape index (κ3) is 6.28. The van der Waals surface area contributed by atoms with Crippen molar-refractivity contribution in [3.63, 3.8) is 0 Å². The van der Waals surface area contributed by atoms with Crippen molar-refractivity contribution in [2.75, 3.05) is 31.6 Å². The van der Waals surface area contributed by atoms with Crippen molar-refractivity contribution in [1.82, 2.24) is 15.6 Å². The minimum absolute atomic E-state index is 0. The molecule has 1 saturated heterocycles. The first kappa shape index (κ1) is 19.5. The fraction of sp³-hybridized carbons (Fsp3) is 0.733. The summed E-state index contributed by atoms with van der Waals surface area (Å²) < 4.78 is 0. The van der Waals surface area contributed by atoms with Crippen LogP contribution in [-0.4, -0.2) is 43.2 Å². The van der Waals surface area contributed by atoms with Gasteiger partial charge in [-0.05, 0) is 33.6 Å². The van der Waals surface area contributed by atoms with E-state index in [2.05, 4.69) is 46.7 Å². The fourth-order valence-electron chi connectivity index (χ4n) is 2.31. The lowest BCUT2D eigenvalue weighted by Gasteiger charge is -2.23. The average molecular weight is 437 g/mol. The molecule has 0 aliphatic carbocycles. The van der Waals surface area contributed by atoms with Gasteiger partial charge in [-0.15, -0.1) is 35.3 Å². The second-order valence-corrected chi connectivity index (χ2v) is 7.28. The highest BCUT2D eigenvalue weighted by atomic mass is 127. The summed E-state index contributed by atoms with van der Waals surface area (Å²) in [6, 6.07) is 0. The molecule has 2 N–H and O–H groups in total. The maximum absolute atomic E-state index is 4.73. The number of aliphatic imine (C=N–C) groups is 1. The Bertz CT molecular complexity index is 475. The lowest BCUT2D eigenvalue weighted by atomic mass is 10.1. The van der Waals surface area contributed by atoms with E-state index in [1.54, 1.807) is 18.4 Å². The van der Waals surface area contributed by atoms with E-state index < -0.39 is 0 Å². The van der Waals surface area contributed by atoms with E-state index in [1.807, 2.05) is 0 Å². The van der Waals surface area contributed by atoms with Gasteiger partial charge in [0.25, 0.3) is 0 Å². The molecule has 2 heterocycles. The third-order valence-electron chi connectivity index (χ3n) is 3.31. The Labute approximate surface area is 155 Å². The molecule has 0 saturated carbocycles. The van der Waals surface area contributed by atoms with Crippen molar-refractivity contribution in [2.45, 2.75) is 45.6 Å². The molecule has 2 rings (SSSR count). The number of rotatable bonds is 4. The maximum atomic E-state index is 4.73. The lowest BCUT2D eigenvalue weighted by molar-refractivity contribution is 0.501. The standard InChI is InChI=1S/C15H27N5S.HI/c1-15(2,3)19-13(16-4)17-8-7-12-11-21-14(18-12)20-9-5-6-10-20;/h11H,5-10H2,1-4H3,(H2,16,17,19);1H. The molecule has 1 aliphatic heterocycles. The number of hydrogen-bond donors (Lipinski definition) is 2. The van der Waals surface area contributed by atoms with Gasteiger partial charge in [-0.3, -0.25) is 4.99 Å². The molecule has 1 fully saturated rings. The van der Waals surface area contributed by atoms with Crippen LogP contribution < -0.4 is 15.5 Å². The Morgan fingerprint density at radius 1 is 1.36 bits per heavy atom. The Morgan fingerprint density at radius 2 is 2.05 bits per heavy atom. The molecule has 7 heteroatoms. The Hall–Kier alpha value is -0.570. The summed E-state index contributed by atoms with van der Waals surface area (Å²) in [5.74, 6) is 0.845. The molecule has 126 valence electrons. The summed E-state index contributed by atoms with van der Waals surface area (Å²) >= 11 is 1.76. The fourth-order valence-corrected chi connectivity index (χ4v) is 3.22. The number of guanidine groups is 1. The van der Waals surface area contributed by atoms with Crippen LogP contribution in [0.25, 0.3) is 0 Å². The van der Waals surface area contributed by atoms with Crippen molar-refractivity contribution in [2.24, 2.45) is 4.99 Å². The summed E-state index contributed by atoms with van der Waals surface area (Å²) in [6.07, 6.45) is 3.52. The smallest absolute Gasteiger partial charge is 0.191 e. The van der Waals surface area contributed by atoms with Gasteiger partial charge in [-0.2, -0.15) is 0 Å². The Morgan fingerprint density at radius 3 is 2.64 bits per heavy atom. The van der Waals surface area contributed by atoms with Crippen LogP contribution in [0.1, 0.15) is 39.3 Å². The average Bonchev–Trinajstić information content (AvgIpc) is 3.06. The van der Waals surface area contributed by atoms with E-state index in [4.69, 9.17) is 4.98 Å². The number of halogens is 1. The number of hydrogen-bond acceptors (Lipinski definition) is 4. The van der Waals surface area contributed by atoms with Crippen LogP contribution in [0.3, 0.4) is 0 Å². The van der Waals surface area contributed by atoms with E-state index in [-0.39, 0.29) is 29.5 Å². The molecular weight excluding hydrogens is 409 g/mol. The highest BCUT2D eigenvalue weighted by Crippen LogP contribution is 2.24. The van der Waals surface area contributed by atoms with E-state index in [9.17, 15) is 0 Å². The van der Waals surface area contributed by atoms with Crippen LogP contribution in [0.4, 0.5) is 5.13 Å². The predicted molar refractivity (Wildman–Crippen MR) is 107 cm³/mol. The molecule has 0 unspecified atom stereocenters. The molecule has 0 aromatic carbocycles. The van der Waals surface area contributed by atoms with E-state index >= 15 is 0 Å². The molecular formula is C15H28IN5S.